The van der Waals surface area contributed by atoms with Crippen LogP contribution in [0.25, 0.3) is 0 Å². The van der Waals surface area contributed by atoms with Crippen LogP contribution in [-0.2, 0) is 6.42 Å². The lowest BCUT2D eigenvalue weighted by atomic mass is 10.1. The van der Waals surface area contributed by atoms with Crippen LogP contribution in [0.2, 0.25) is 5.02 Å². The Morgan fingerprint density at radius 3 is 2.83 bits per heavy atom. The van der Waals surface area contributed by atoms with Gasteiger partial charge < -0.3 is 5.32 Å². The molecular formula is C14H21ClFNS. The highest BCUT2D eigenvalue weighted by Crippen LogP contribution is 2.20. The average molecular weight is 290 g/mol. The Morgan fingerprint density at radius 1 is 1.39 bits per heavy atom. The highest BCUT2D eigenvalue weighted by molar-refractivity contribution is 7.99. The van der Waals surface area contributed by atoms with Crippen molar-refractivity contribution in [3.05, 3.63) is 34.6 Å². The molecule has 0 saturated carbocycles. The molecule has 1 aromatic rings. The van der Waals surface area contributed by atoms with Gasteiger partial charge >= 0.3 is 0 Å². The van der Waals surface area contributed by atoms with E-state index in [-0.39, 0.29) is 10.8 Å². The normalized spacial score (nSPS) is 12.7. The van der Waals surface area contributed by atoms with Crippen molar-refractivity contribution in [1.29, 1.82) is 0 Å². The first-order valence-corrected chi connectivity index (χ1v) is 7.96. The summed E-state index contributed by atoms with van der Waals surface area (Å²) in [7, 11) is 0. The van der Waals surface area contributed by atoms with Gasteiger partial charge in [-0.25, -0.2) is 4.39 Å². The van der Waals surface area contributed by atoms with Gasteiger partial charge in [-0.1, -0.05) is 37.6 Å². The standard InChI is InChI=1S/C14H21ClFNS/c1-3-8-17-12(10-18-4-2)9-11-6-5-7-13(15)14(11)16/h5-7,12,17H,3-4,8-10H2,1-2H3. The largest absolute Gasteiger partial charge is 0.313 e. The van der Waals surface area contributed by atoms with Crippen molar-refractivity contribution in [2.75, 3.05) is 18.1 Å². The van der Waals surface area contributed by atoms with Crippen molar-refractivity contribution in [3.8, 4) is 0 Å². The fraction of sp³-hybridized carbons (Fsp3) is 0.571. The van der Waals surface area contributed by atoms with Crippen LogP contribution in [-0.4, -0.2) is 24.1 Å². The summed E-state index contributed by atoms with van der Waals surface area (Å²) in [6.45, 7) is 5.25. The van der Waals surface area contributed by atoms with Crippen molar-refractivity contribution < 1.29 is 4.39 Å². The molecule has 0 heterocycles. The van der Waals surface area contributed by atoms with E-state index in [4.69, 9.17) is 11.6 Å². The summed E-state index contributed by atoms with van der Waals surface area (Å²) < 4.78 is 13.8. The van der Waals surface area contributed by atoms with Gasteiger partial charge in [0.25, 0.3) is 0 Å². The van der Waals surface area contributed by atoms with Gasteiger partial charge in [0.15, 0.2) is 0 Å². The summed E-state index contributed by atoms with van der Waals surface area (Å²) >= 11 is 7.68. The van der Waals surface area contributed by atoms with Crippen molar-refractivity contribution in [2.45, 2.75) is 32.7 Å². The summed E-state index contributed by atoms with van der Waals surface area (Å²) in [6.07, 6.45) is 1.78. The monoisotopic (exact) mass is 289 g/mol. The average Bonchev–Trinajstić information content (AvgIpc) is 2.38. The second-order valence-corrected chi connectivity index (χ2v) is 5.95. The molecule has 1 rings (SSSR count). The zero-order valence-corrected chi connectivity index (χ0v) is 12.6. The van der Waals surface area contributed by atoms with Crippen molar-refractivity contribution >= 4 is 23.4 Å². The Morgan fingerprint density at radius 2 is 2.17 bits per heavy atom. The van der Waals surface area contributed by atoms with Crippen LogP contribution in [0.3, 0.4) is 0 Å². The quantitative estimate of drug-likeness (QED) is 0.772. The molecule has 1 nitrogen and oxygen atoms in total. The highest BCUT2D eigenvalue weighted by atomic mass is 35.5. The zero-order valence-electron chi connectivity index (χ0n) is 11.0. The third-order valence-electron chi connectivity index (χ3n) is 2.70. The fourth-order valence-electron chi connectivity index (χ4n) is 1.77. The minimum atomic E-state index is -0.274. The fourth-order valence-corrected chi connectivity index (χ4v) is 2.72. The smallest absolute Gasteiger partial charge is 0.145 e. The van der Waals surface area contributed by atoms with E-state index in [1.54, 1.807) is 6.07 Å². The number of benzene rings is 1. The third-order valence-corrected chi connectivity index (χ3v) is 4.04. The molecule has 18 heavy (non-hydrogen) atoms. The first-order valence-electron chi connectivity index (χ1n) is 6.43. The zero-order chi connectivity index (χ0) is 13.4. The first-order chi connectivity index (χ1) is 8.69. The summed E-state index contributed by atoms with van der Waals surface area (Å²) in [5.41, 5.74) is 0.702. The number of rotatable bonds is 8. The Balaban J connectivity index is 2.65. The van der Waals surface area contributed by atoms with E-state index in [0.29, 0.717) is 18.0 Å². The van der Waals surface area contributed by atoms with Crippen molar-refractivity contribution in [2.24, 2.45) is 0 Å². The van der Waals surface area contributed by atoms with Gasteiger partial charge in [-0.15, -0.1) is 0 Å². The van der Waals surface area contributed by atoms with Crippen LogP contribution in [0, 0.1) is 5.82 Å². The van der Waals surface area contributed by atoms with Crippen LogP contribution in [0.5, 0.6) is 0 Å². The molecule has 0 bridgehead atoms. The van der Waals surface area contributed by atoms with Gasteiger partial charge in [-0.05, 0) is 36.8 Å². The Bertz CT molecular complexity index is 352. The highest BCUT2D eigenvalue weighted by Gasteiger charge is 2.13. The summed E-state index contributed by atoms with van der Waals surface area (Å²) in [5.74, 6) is 1.81. The molecule has 1 atom stereocenters. The van der Waals surface area contributed by atoms with E-state index in [0.717, 1.165) is 24.5 Å². The van der Waals surface area contributed by atoms with Crippen LogP contribution < -0.4 is 5.32 Å². The van der Waals surface area contributed by atoms with Gasteiger partial charge in [-0.2, -0.15) is 11.8 Å². The molecule has 0 aliphatic heterocycles. The van der Waals surface area contributed by atoms with Crippen LogP contribution in [0.1, 0.15) is 25.8 Å². The number of hydrogen-bond donors (Lipinski definition) is 1. The van der Waals surface area contributed by atoms with Gasteiger partial charge in [0, 0.05) is 11.8 Å². The molecule has 0 radical (unpaired) electrons. The number of nitrogens with one attached hydrogen (secondary N) is 1. The van der Waals surface area contributed by atoms with Crippen LogP contribution in [0.15, 0.2) is 18.2 Å². The summed E-state index contributed by atoms with van der Waals surface area (Å²) in [5, 5.41) is 3.68. The minimum absolute atomic E-state index is 0.213. The Hall–Kier alpha value is -0.250. The minimum Gasteiger partial charge on any atom is -0.313 e. The molecular weight excluding hydrogens is 269 g/mol. The molecule has 0 spiro atoms. The summed E-state index contributed by atoms with van der Waals surface area (Å²) in [4.78, 5) is 0. The van der Waals surface area contributed by atoms with Gasteiger partial charge in [0.1, 0.15) is 5.82 Å². The third kappa shape index (κ3) is 5.17. The number of thioether (sulfide) groups is 1. The second-order valence-electron chi connectivity index (χ2n) is 4.23. The second kappa shape index (κ2) is 8.78. The van der Waals surface area contributed by atoms with Crippen molar-refractivity contribution in [1.82, 2.24) is 5.32 Å². The van der Waals surface area contributed by atoms with Crippen molar-refractivity contribution in [3.63, 3.8) is 0 Å². The molecule has 0 aromatic heterocycles. The predicted octanol–water partition coefficient (Wildman–Crippen LogP) is 4.14. The lowest BCUT2D eigenvalue weighted by Gasteiger charge is -2.18. The maximum atomic E-state index is 13.8. The van der Waals surface area contributed by atoms with E-state index >= 15 is 0 Å². The molecule has 0 aliphatic rings. The predicted molar refractivity (Wildman–Crippen MR) is 80.2 cm³/mol. The van der Waals surface area contributed by atoms with E-state index in [1.165, 1.54) is 0 Å². The van der Waals surface area contributed by atoms with E-state index in [1.807, 2.05) is 23.9 Å². The van der Waals surface area contributed by atoms with Crippen LogP contribution >= 0.6 is 23.4 Å². The Kier molecular flexibility index (Phi) is 7.71. The molecule has 0 saturated heterocycles. The molecule has 102 valence electrons. The molecule has 1 N–H and O–H groups in total. The van der Waals surface area contributed by atoms with E-state index in [9.17, 15) is 4.39 Å². The maximum Gasteiger partial charge on any atom is 0.145 e. The number of hydrogen-bond acceptors (Lipinski definition) is 2. The molecule has 1 unspecified atom stereocenters. The molecule has 1 aromatic carbocycles. The lowest BCUT2D eigenvalue weighted by molar-refractivity contribution is 0.531. The lowest BCUT2D eigenvalue weighted by Crippen LogP contribution is -2.34. The van der Waals surface area contributed by atoms with Gasteiger partial charge in [0.2, 0.25) is 0 Å². The van der Waals surface area contributed by atoms with Gasteiger partial charge in [0.05, 0.1) is 5.02 Å². The molecule has 0 aliphatic carbocycles. The van der Waals surface area contributed by atoms with E-state index < -0.39 is 0 Å². The summed E-state index contributed by atoms with van der Waals surface area (Å²) in [6, 6.07) is 5.53. The van der Waals surface area contributed by atoms with Gasteiger partial charge in [-0.3, -0.25) is 0 Å². The van der Waals surface area contributed by atoms with E-state index in [2.05, 4.69) is 19.2 Å². The Labute approximate surface area is 118 Å². The SMILES string of the molecule is CCCNC(CSCC)Cc1cccc(Cl)c1F. The molecule has 0 amide bonds. The number of halogens is 2. The first kappa shape index (κ1) is 15.8. The molecule has 4 heteroatoms. The maximum absolute atomic E-state index is 13.8. The molecule has 0 fully saturated rings. The van der Waals surface area contributed by atoms with Crippen LogP contribution in [0.4, 0.5) is 4.39 Å². The topological polar surface area (TPSA) is 12.0 Å².